The normalized spacial score (nSPS) is 18.6. The molecule has 114 valence electrons. The summed E-state index contributed by atoms with van der Waals surface area (Å²) in [6.45, 7) is 3.22. The fraction of sp³-hybridized carbons (Fsp3) is 0.750. The number of imidazole rings is 1. The molecule has 0 amide bonds. The Bertz CT molecular complexity index is 531. The van der Waals surface area contributed by atoms with Crippen LogP contribution in [0.5, 0.6) is 0 Å². The Balaban J connectivity index is 2.02. The van der Waals surface area contributed by atoms with Gasteiger partial charge in [-0.25, -0.2) is 13.4 Å². The van der Waals surface area contributed by atoms with Crippen LogP contribution in [0.3, 0.4) is 0 Å². The van der Waals surface area contributed by atoms with E-state index in [1.807, 2.05) is 0 Å². The molecule has 6 nitrogen and oxygen atoms in total. The zero-order chi connectivity index (χ0) is 14.8. The molecule has 1 aliphatic heterocycles. The number of hydrogen-bond acceptors (Lipinski definition) is 4. The minimum Gasteiger partial charge on any atom is -0.377 e. The summed E-state index contributed by atoms with van der Waals surface area (Å²) in [6.07, 6.45) is 3.05. The third kappa shape index (κ3) is 3.33. The molecule has 8 heteroatoms. The maximum absolute atomic E-state index is 12.5. The number of aromatic nitrogens is 2. The summed E-state index contributed by atoms with van der Waals surface area (Å²) >= 11 is 5.58. The number of alkyl halides is 1. The van der Waals surface area contributed by atoms with Gasteiger partial charge in [-0.05, 0) is 19.8 Å². The predicted octanol–water partition coefficient (Wildman–Crippen LogP) is 1.14. The second kappa shape index (κ2) is 6.43. The second-order valence-electron chi connectivity index (χ2n) is 4.90. The molecule has 0 atom stereocenters. The molecule has 1 saturated heterocycles. The molecule has 0 aromatic carbocycles. The van der Waals surface area contributed by atoms with Crippen LogP contribution in [-0.2, 0) is 21.8 Å². The number of halogens is 1. The number of sulfonamides is 1. The van der Waals surface area contributed by atoms with Crippen molar-refractivity contribution >= 4 is 21.6 Å². The van der Waals surface area contributed by atoms with E-state index in [0.29, 0.717) is 44.2 Å². The summed E-state index contributed by atoms with van der Waals surface area (Å²) in [7, 11) is -1.70. The van der Waals surface area contributed by atoms with Crippen LogP contribution in [0.4, 0.5) is 0 Å². The summed E-state index contributed by atoms with van der Waals surface area (Å²) in [5.41, 5.74) is 0. The molecular weight excluding hydrogens is 302 g/mol. The van der Waals surface area contributed by atoms with E-state index in [0.717, 1.165) is 0 Å². The van der Waals surface area contributed by atoms with E-state index in [9.17, 15) is 8.42 Å². The van der Waals surface area contributed by atoms with Gasteiger partial charge in [-0.15, -0.1) is 11.6 Å². The Labute approximate surface area is 124 Å². The minimum absolute atomic E-state index is 0.102. The van der Waals surface area contributed by atoms with Crippen molar-refractivity contribution in [2.45, 2.75) is 30.9 Å². The van der Waals surface area contributed by atoms with E-state index < -0.39 is 10.0 Å². The topological polar surface area (TPSA) is 64.4 Å². The van der Waals surface area contributed by atoms with Crippen molar-refractivity contribution in [2.24, 2.45) is 7.05 Å². The zero-order valence-electron chi connectivity index (χ0n) is 11.7. The van der Waals surface area contributed by atoms with Crippen molar-refractivity contribution < 1.29 is 13.2 Å². The summed E-state index contributed by atoms with van der Waals surface area (Å²) in [5, 5.41) is 0.123. The van der Waals surface area contributed by atoms with Gasteiger partial charge >= 0.3 is 0 Å². The molecule has 1 aromatic rings. The minimum atomic E-state index is -3.49. The molecule has 1 aliphatic rings. The molecular formula is C12H20ClN3O3S. The number of hydrogen-bond donors (Lipinski definition) is 0. The van der Waals surface area contributed by atoms with Crippen molar-refractivity contribution in [2.75, 3.05) is 25.6 Å². The highest BCUT2D eigenvalue weighted by atomic mass is 35.5. The average molecular weight is 322 g/mol. The Morgan fingerprint density at radius 1 is 1.45 bits per heavy atom. The van der Waals surface area contributed by atoms with Gasteiger partial charge in [0.05, 0.1) is 12.7 Å². The van der Waals surface area contributed by atoms with Crippen LogP contribution in [0.15, 0.2) is 11.2 Å². The van der Waals surface area contributed by atoms with Crippen LogP contribution in [0.1, 0.15) is 18.7 Å². The molecule has 0 bridgehead atoms. The van der Waals surface area contributed by atoms with Crippen LogP contribution in [0, 0.1) is 6.92 Å². The van der Waals surface area contributed by atoms with E-state index in [1.54, 1.807) is 24.7 Å². The van der Waals surface area contributed by atoms with Crippen LogP contribution in [-0.4, -0.2) is 54.0 Å². The Morgan fingerprint density at radius 3 is 2.60 bits per heavy atom. The number of ether oxygens (including phenoxy) is 1. The third-order valence-electron chi connectivity index (χ3n) is 3.52. The summed E-state index contributed by atoms with van der Waals surface area (Å²) in [6, 6.07) is 0. The van der Waals surface area contributed by atoms with Gasteiger partial charge < -0.3 is 9.30 Å². The fourth-order valence-electron chi connectivity index (χ4n) is 2.23. The highest BCUT2D eigenvalue weighted by Crippen LogP contribution is 2.21. The molecule has 0 N–H and O–H groups in total. The summed E-state index contributed by atoms with van der Waals surface area (Å²) in [4.78, 5) is 4.11. The summed E-state index contributed by atoms with van der Waals surface area (Å²) < 4.78 is 33.7. The fourth-order valence-corrected chi connectivity index (χ4v) is 3.82. The number of nitrogens with zero attached hydrogens (tertiary/aromatic N) is 3. The molecule has 2 rings (SSSR count). The lowest BCUT2D eigenvalue weighted by Gasteiger charge is -2.30. The molecule has 2 heterocycles. The first-order chi connectivity index (χ1) is 9.45. The first-order valence-electron chi connectivity index (χ1n) is 6.63. The van der Waals surface area contributed by atoms with E-state index in [1.165, 1.54) is 4.31 Å². The molecule has 20 heavy (non-hydrogen) atoms. The SMILES string of the molecule is Cc1nc(S(=O)(=O)N2CCC(OCCCl)CC2)cn1C. The smallest absolute Gasteiger partial charge is 0.262 e. The van der Waals surface area contributed by atoms with E-state index in [-0.39, 0.29) is 11.1 Å². The molecule has 0 radical (unpaired) electrons. The van der Waals surface area contributed by atoms with Crippen molar-refractivity contribution in [3.63, 3.8) is 0 Å². The predicted molar refractivity (Wildman–Crippen MR) is 76.4 cm³/mol. The maximum atomic E-state index is 12.5. The van der Waals surface area contributed by atoms with Crippen LogP contribution >= 0.6 is 11.6 Å². The van der Waals surface area contributed by atoms with Crippen molar-refractivity contribution in [3.05, 3.63) is 12.0 Å². The van der Waals surface area contributed by atoms with Gasteiger partial charge in [0.15, 0.2) is 5.03 Å². The monoisotopic (exact) mass is 321 g/mol. The Morgan fingerprint density at radius 2 is 2.10 bits per heavy atom. The highest BCUT2D eigenvalue weighted by molar-refractivity contribution is 7.89. The van der Waals surface area contributed by atoms with E-state index >= 15 is 0 Å². The highest BCUT2D eigenvalue weighted by Gasteiger charge is 2.31. The largest absolute Gasteiger partial charge is 0.377 e. The van der Waals surface area contributed by atoms with Crippen molar-refractivity contribution in [3.8, 4) is 0 Å². The van der Waals surface area contributed by atoms with Gasteiger partial charge in [0, 0.05) is 32.2 Å². The molecule has 0 aliphatic carbocycles. The summed E-state index contributed by atoms with van der Waals surface area (Å²) in [5.74, 6) is 1.15. The number of aryl methyl sites for hydroxylation is 2. The lowest BCUT2D eigenvalue weighted by molar-refractivity contribution is 0.0301. The average Bonchev–Trinajstić information content (AvgIpc) is 2.77. The Kier molecular flexibility index (Phi) is 5.06. The molecule has 0 saturated carbocycles. The number of rotatable bonds is 5. The second-order valence-corrected chi connectivity index (χ2v) is 7.16. The van der Waals surface area contributed by atoms with Crippen molar-refractivity contribution in [1.29, 1.82) is 0 Å². The van der Waals surface area contributed by atoms with E-state index in [2.05, 4.69) is 4.98 Å². The standard InChI is InChI=1S/C12H20ClN3O3S/c1-10-14-12(9-15(10)2)20(17,18)16-6-3-11(4-7-16)19-8-5-13/h9,11H,3-8H2,1-2H3. The lowest BCUT2D eigenvalue weighted by Crippen LogP contribution is -2.41. The number of piperidine rings is 1. The van der Waals surface area contributed by atoms with Crippen LogP contribution in [0.25, 0.3) is 0 Å². The molecule has 0 spiro atoms. The maximum Gasteiger partial charge on any atom is 0.262 e. The van der Waals surface area contributed by atoms with Gasteiger partial charge in [-0.3, -0.25) is 0 Å². The van der Waals surface area contributed by atoms with Crippen LogP contribution < -0.4 is 0 Å². The van der Waals surface area contributed by atoms with Crippen molar-refractivity contribution in [1.82, 2.24) is 13.9 Å². The zero-order valence-corrected chi connectivity index (χ0v) is 13.3. The van der Waals surface area contributed by atoms with Gasteiger partial charge in [0.2, 0.25) is 0 Å². The Hall–Kier alpha value is -0.630. The molecule has 0 unspecified atom stereocenters. The first-order valence-corrected chi connectivity index (χ1v) is 8.60. The molecule has 1 aromatic heterocycles. The van der Waals surface area contributed by atoms with Gasteiger partial charge in [0.25, 0.3) is 10.0 Å². The van der Waals surface area contributed by atoms with Gasteiger partial charge in [-0.1, -0.05) is 0 Å². The van der Waals surface area contributed by atoms with Crippen LogP contribution in [0.2, 0.25) is 0 Å². The first kappa shape index (κ1) is 15.8. The third-order valence-corrected chi connectivity index (χ3v) is 5.45. The molecule has 1 fully saturated rings. The van der Waals surface area contributed by atoms with E-state index in [4.69, 9.17) is 16.3 Å². The van der Waals surface area contributed by atoms with Gasteiger partial charge in [-0.2, -0.15) is 4.31 Å². The lowest BCUT2D eigenvalue weighted by atomic mass is 10.1. The van der Waals surface area contributed by atoms with Gasteiger partial charge in [0.1, 0.15) is 5.82 Å². The quantitative estimate of drug-likeness (QED) is 0.763.